The van der Waals surface area contributed by atoms with Crippen molar-refractivity contribution in [3.8, 4) is 5.75 Å². The van der Waals surface area contributed by atoms with Gasteiger partial charge in [-0.3, -0.25) is 9.59 Å². The molecule has 6 heteroatoms. The van der Waals surface area contributed by atoms with Crippen molar-refractivity contribution in [1.29, 1.82) is 0 Å². The third kappa shape index (κ3) is 3.81. The lowest BCUT2D eigenvalue weighted by Gasteiger charge is -2.53. The number of rotatable bonds is 6. The Morgan fingerprint density at radius 2 is 1.77 bits per heavy atom. The Labute approximate surface area is 183 Å². The molecule has 1 spiro atoms. The molecule has 1 unspecified atom stereocenters. The predicted molar refractivity (Wildman–Crippen MR) is 120 cm³/mol. The van der Waals surface area contributed by atoms with Crippen LogP contribution in [0, 0.1) is 0 Å². The summed E-state index contributed by atoms with van der Waals surface area (Å²) >= 11 is 0. The largest absolute Gasteiger partial charge is 0.495 e. The topological polar surface area (TPSA) is 67.9 Å². The highest BCUT2D eigenvalue weighted by Gasteiger charge is 2.54. The van der Waals surface area contributed by atoms with Gasteiger partial charge < -0.3 is 19.7 Å². The first-order chi connectivity index (χ1) is 15.1. The third-order valence-corrected chi connectivity index (χ3v) is 6.69. The number of carbonyl (C=O) groups excluding carboxylic acids is 2. The smallest absolute Gasteiger partial charge is 0.254 e. The Kier molecular flexibility index (Phi) is 6.28. The Bertz CT molecular complexity index is 952. The summed E-state index contributed by atoms with van der Waals surface area (Å²) in [6, 6.07) is 15.0. The zero-order chi connectivity index (χ0) is 21.8. The summed E-state index contributed by atoms with van der Waals surface area (Å²) in [6.45, 7) is 0.915. The van der Waals surface area contributed by atoms with Crippen molar-refractivity contribution in [3.05, 3.63) is 59.7 Å². The van der Waals surface area contributed by atoms with E-state index in [-0.39, 0.29) is 11.8 Å². The van der Waals surface area contributed by atoms with E-state index < -0.39 is 11.5 Å². The first kappa shape index (κ1) is 21.4. The van der Waals surface area contributed by atoms with E-state index in [1.54, 1.807) is 14.2 Å². The van der Waals surface area contributed by atoms with Gasteiger partial charge in [0.15, 0.2) is 0 Å². The summed E-state index contributed by atoms with van der Waals surface area (Å²) in [5.74, 6) is 0.0538. The number of methoxy groups -OCH3 is 2. The number of carbonyl (C=O) groups is 2. The van der Waals surface area contributed by atoms with Crippen molar-refractivity contribution in [2.75, 3.05) is 32.7 Å². The molecule has 1 atom stereocenters. The molecule has 2 amide bonds. The SMILES string of the molecule is COCCN1C(=O)c2ccccc2C(C(=O)Nc2ccccc2OC)C12CCCCC2. The molecule has 2 aromatic carbocycles. The number of hydrogen-bond donors (Lipinski definition) is 1. The van der Waals surface area contributed by atoms with Crippen LogP contribution in [0.3, 0.4) is 0 Å². The van der Waals surface area contributed by atoms with Crippen LogP contribution in [0.25, 0.3) is 0 Å². The normalized spacial score (nSPS) is 19.7. The maximum Gasteiger partial charge on any atom is 0.254 e. The second-order valence-corrected chi connectivity index (χ2v) is 8.32. The van der Waals surface area contributed by atoms with E-state index in [4.69, 9.17) is 9.47 Å². The maximum atomic E-state index is 13.9. The van der Waals surface area contributed by atoms with Gasteiger partial charge in [0.2, 0.25) is 5.91 Å². The van der Waals surface area contributed by atoms with Gasteiger partial charge in [-0.2, -0.15) is 0 Å². The summed E-state index contributed by atoms with van der Waals surface area (Å²) in [7, 11) is 3.23. The Morgan fingerprint density at radius 3 is 2.52 bits per heavy atom. The van der Waals surface area contributed by atoms with Gasteiger partial charge in [-0.05, 0) is 36.6 Å². The average molecular weight is 423 g/mol. The molecule has 2 aliphatic rings. The standard InChI is InChI=1S/C25H30N2O4/c1-30-17-16-27-24(29)19-11-5-4-10-18(19)22(25(27)14-8-3-9-15-25)23(28)26-20-12-6-7-13-21(20)31-2/h4-7,10-13,22H,3,8-9,14-17H2,1-2H3,(H,26,28). The third-order valence-electron chi connectivity index (χ3n) is 6.69. The minimum atomic E-state index is -0.547. The highest BCUT2D eigenvalue weighted by Crippen LogP contribution is 2.49. The fraction of sp³-hybridized carbons (Fsp3) is 0.440. The number of ether oxygens (including phenoxy) is 2. The molecule has 4 rings (SSSR count). The molecule has 0 radical (unpaired) electrons. The van der Waals surface area contributed by atoms with Crippen LogP contribution in [0.15, 0.2) is 48.5 Å². The summed E-state index contributed by atoms with van der Waals surface area (Å²) in [6.07, 6.45) is 4.73. The zero-order valence-electron chi connectivity index (χ0n) is 18.2. The number of amides is 2. The minimum absolute atomic E-state index is 0.00380. The molecular formula is C25H30N2O4. The lowest BCUT2D eigenvalue weighted by molar-refractivity contribution is -0.122. The molecule has 1 heterocycles. The van der Waals surface area contributed by atoms with Crippen LogP contribution < -0.4 is 10.1 Å². The summed E-state index contributed by atoms with van der Waals surface area (Å²) in [4.78, 5) is 29.3. The van der Waals surface area contributed by atoms with E-state index in [0.29, 0.717) is 30.2 Å². The van der Waals surface area contributed by atoms with Gasteiger partial charge in [-0.25, -0.2) is 0 Å². The van der Waals surface area contributed by atoms with Crippen molar-refractivity contribution in [2.45, 2.75) is 43.6 Å². The van der Waals surface area contributed by atoms with Crippen LogP contribution in [0.1, 0.15) is 53.9 Å². The molecular weight excluding hydrogens is 392 g/mol. The summed E-state index contributed by atoms with van der Waals surface area (Å²) in [5, 5.41) is 3.10. The molecule has 164 valence electrons. The molecule has 1 fully saturated rings. The van der Waals surface area contributed by atoms with Crippen LogP contribution in [-0.4, -0.2) is 49.6 Å². The van der Waals surface area contributed by atoms with Gasteiger partial charge in [0.25, 0.3) is 5.91 Å². The summed E-state index contributed by atoms with van der Waals surface area (Å²) in [5.41, 5.74) is 1.51. The maximum absolute atomic E-state index is 13.9. The lowest BCUT2D eigenvalue weighted by atomic mass is 9.65. The van der Waals surface area contributed by atoms with Gasteiger partial charge in [-0.1, -0.05) is 49.6 Å². The highest BCUT2D eigenvalue weighted by atomic mass is 16.5. The number of para-hydroxylation sites is 2. The molecule has 0 aromatic heterocycles. The van der Waals surface area contributed by atoms with Crippen LogP contribution in [0.4, 0.5) is 5.69 Å². The second-order valence-electron chi connectivity index (χ2n) is 8.32. The monoisotopic (exact) mass is 422 g/mol. The second kappa shape index (κ2) is 9.10. The number of hydrogen-bond acceptors (Lipinski definition) is 4. The zero-order valence-corrected chi connectivity index (χ0v) is 18.2. The minimum Gasteiger partial charge on any atom is -0.495 e. The molecule has 1 saturated carbocycles. The van der Waals surface area contributed by atoms with E-state index in [1.165, 1.54) is 0 Å². The van der Waals surface area contributed by atoms with Crippen molar-refractivity contribution in [3.63, 3.8) is 0 Å². The fourth-order valence-corrected chi connectivity index (χ4v) is 5.30. The van der Waals surface area contributed by atoms with Crippen LogP contribution in [0.5, 0.6) is 5.75 Å². The van der Waals surface area contributed by atoms with Crippen LogP contribution in [-0.2, 0) is 9.53 Å². The van der Waals surface area contributed by atoms with Crippen molar-refractivity contribution in [2.24, 2.45) is 0 Å². The van der Waals surface area contributed by atoms with E-state index in [2.05, 4.69) is 5.32 Å². The van der Waals surface area contributed by atoms with Crippen molar-refractivity contribution in [1.82, 2.24) is 4.90 Å². The van der Waals surface area contributed by atoms with Gasteiger partial charge >= 0.3 is 0 Å². The molecule has 31 heavy (non-hydrogen) atoms. The molecule has 1 aliphatic heterocycles. The Morgan fingerprint density at radius 1 is 1.06 bits per heavy atom. The van der Waals surface area contributed by atoms with Crippen LogP contribution in [0.2, 0.25) is 0 Å². The number of nitrogens with zero attached hydrogens (tertiary/aromatic N) is 1. The Hall–Kier alpha value is -2.86. The number of anilines is 1. The highest BCUT2D eigenvalue weighted by molar-refractivity contribution is 6.05. The Balaban J connectivity index is 1.80. The van der Waals surface area contributed by atoms with E-state index in [9.17, 15) is 9.59 Å². The van der Waals surface area contributed by atoms with Gasteiger partial charge in [-0.15, -0.1) is 0 Å². The number of fused-ring (bicyclic) bond motifs is 1. The lowest BCUT2D eigenvalue weighted by Crippen LogP contribution is -2.62. The van der Waals surface area contributed by atoms with Gasteiger partial charge in [0.05, 0.1) is 30.9 Å². The molecule has 0 bridgehead atoms. The van der Waals surface area contributed by atoms with E-state index in [1.807, 2.05) is 53.4 Å². The quantitative estimate of drug-likeness (QED) is 0.757. The van der Waals surface area contributed by atoms with Crippen LogP contribution >= 0.6 is 0 Å². The van der Waals surface area contributed by atoms with Gasteiger partial charge in [0, 0.05) is 19.2 Å². The van der Waals surface area contributed by atoms with Gasteiger partial charge in [0.1, 0.15) is 5.75 Å². The number of nitrogens with one attached hydrogen (secondary N) is 1. The molecule has 2 aromatic rings. The fourth-order valence-electron chi connectivity index (χ4n) is 5.30. The molecule has 1 N–H and O–H groups in total. The predicted octanol–water partition coefficient (Wildman–Crippen LogP) is 4.22. The van der Waals surface area contributed by atoms with Crippen molar-refractivity contribution < 1.29 is 19.1 Å². The first-order valence-corrected chi connectivity index (χ1v) is 11.0. The van der Waals surface area contributed by atoms with Crippen molar-refractivity contribution >= 4 is 17.5 Å². The van der Waals surface area contributed by atoms with E-state index >= 15 is 0 Å². The van der Waals surface area contributed by atoms with E-state index in [0.717, 1.165) is 37.7 Å². The molecule has 0 saturated heterocycles. The molecule has 6 nitrogen and oxygen atoms in total. The average Bonchev–Trinajstić information content (AvgIpc) is 2.80. The first-order valence-electron chi connectivity index (χ1n) is 11.0. The number of benzene rings is 2. The molecule has 1 aliphatic carbocycles. The summed E-state index contributed by atoms with van der Waals surface area (Å²) < 4.78 is 10.8.